The van der Waals surface area contributed by atoms with Crippen molar-refractivity contribution in [2.75, 3.05) is 6.61 Å². The van der Waals surface area contributed by atoms with Crippen molar-refractivity contribution in [1.29, 1.82) is 0 Å². The van der Waals surface area contributed by atoms with E-state index in [9.17, 15) is 4.79 Å². The Kier molecular flexibility index (Phi) is 2.80. The first-order chi connectivity index (χ1) is 5.36. The molecule has 1 heterocycles. The zero-order valence-corrected chi connectivity index (χ0v) is 5.99. The maximum Gasteiger partial charge on any atom is 0.196 e. The van der Waals surface area contributed by atoms with Gasteiger partial charge in [0.2, 0.25) is 0 Å². The lowest BCUT2D eigenvalue weighted by molar-refractivity contribution is -0.107. The first kappa shape index (κ1) is 7.94. The number of nitrogens with zero attached hydrogens (tertiary/aromatic N) is 1. The minimum atomic E-state index is 0.0149. The second kappa shape index (κ2) is 3.88. The number of oxazole rings is 1. The number of aliphatic hydroxyl groups excluding tert-OH is 1. The predicted molar refractivity (Wildman–Crippen MR) is 37.1 cm³/mol. The number of aliphatic hydroxyl groups is 1. The fourth-order valence-corrected chi connectivity index (χ4v) is 0.736. The minimum Gasteiger partial charge on any atom is -0.445 e. The van der Waals surface area contributed by atoms with Gasteiger partial charge >= 0.3 is 0 Å². The molecule has 0 fully saturated rings. The van der Waals surface area contributed by atoms with E-state index in [4.69, 9.17) is 9.52 Å². The Hall–Kier alpha value is -1.16. The van der Waals surface area contributed by atoms with E-state index in [2.05, 4.69) is 4.98 Å². The molecule has 1 aromatic heterocycles. The molecule has 0 radical (unpaired) electrons. The molecule has 0 aromatic carbocycles. The van der Waals surface area contributed by atoms with Crippen LogP contribution in [0.1, 0.15) is 11.7 Å². The van der Waals surface area contributed by atoms with E-state index in [0.29, 0.717) is 18.1 Å². The summed E-state index contributed by atoms with van der Waals surface area (Å²) in [5.74, 6) is 1.02. The van der Waals surface area contributed by atoms with E-state index in [1.807, 2.05) is 0 Å². The van der Waals surface area contributed by atoms with Gasteiger partial charge in [0.1, 0.15) is 12.0 Å². The zero-order chi connectivity index (χ0) is 8.10. The highest BCUT2D eigenvalue weighted by atomic mass is 16.4. The normalized spacial score (nSPS) is 9.91. The second-order valence-electron chi connectivity index (χ2n) is 2.06. The van der Waals surface area contributed by atoms with Gasteiger partial charge in [0.15, 0.2) is 5.89 Å². The van der Waals surface area contributed by atoms with E-state index in [-0.39, 0.29) is 13.0 Å². The Labute approximate surface area is 63.9 Å². The van der Waals surface area contributed by atoms with Crippen LogP contribution in [0.25, 0.3) is 0 Å². The molecule has 4 nitrogen and oxygen atoms in total. The molecule has 0 bridgehead atoms. The molecule has 0 aliphatic rings. The van der Waals surface area contributed by atoms with Gasteiger partial charge in [0.05, 0.1) is 19.2 Å². The van der Waals surface area contributed by atoms with Gasteiger partial charge in [-0.3, -0.25) is 0 Å². The molecular formula is C7H9NO3. The van der Waals surface area contributed by atoms with Gasteiger partial charge in [0, 0.05) is 6.42 Å². The van der Waals surface area contributed by atoms with Crippen LogP contribution in [0.15, 0.2) is 10.6 Å². The number of hydrogen-bond donors (Lipinski definition) is 1. The molecule has 0 atom stereocenters. The van der Waals surface area contributed by atoms with E-state index < -0.39 is 0 Å². The molecule has 4 heteroatoms. The van der Waals surface area contributed by atoms with Crippen LogP contribution in [-0.2, 0) is 17.6 Å². The van der Waals surface area contributed by atoms with Gasteiger partial charge in [-0.25, -0.2) is 4.98 Å². The lowest BCUT2D eigenvalue weighted by Crippen LogP contribution is -1.89. The second-order valence-corrected chi connectivity index (χ2v) is 2.06. The molecule has 0 amide bonds. The first-order valence-corrected chi connectivity index (χ1v) is 3.35. The highest BCUT2D eigenvalue weighted by Crippen LogP contribution is 2.03. The summed E-state index contributed by atoms with van der Waals surface area (Å²) < 4.78 is 5.06. The van der Waals surface area contributed by atoms with Crippen molar-refractivity contribution in [1.82, 2.24) is 4.98 Å². The summed E-state index contributed by atoms with van der Waals surface area (Å²) in [5.41, 5.74) is 0. The quantitative estimate of drug-likeness (QED) is 0.619. The monoisotopic (exact) mass is 155 g/mol. The Balaban J connectivity index is 2.57. The molecule has 0 aliphatic carbocycles. The summed E-state index contributed by atoms with van der Waals surface area (Å²) in [7, 11) is 0. The Bertz CT molecular complexity index is 231. The van der Waals surface area contributed by atoms with Crippen molar-refractivity contribution in [3.63, 3.8) is 0 Å². The molecular weight excluding hydrogens is 146 g/mol. The average Bonchev–Trinajstić information content (AvgIpc) is 2.38. The molecule has 0 saturated heterocycles. The molecule has 0 unspecified atom stereocenters. The summed E-state index contributed by atoms with van der Waals surface area (Å²) in [6.45, 7) is 0.0149. The van der Waals surface area contributed by atoms with Gasteiger partial charge in [-0.15, -0.1) is 0 Å². The van der Waals surface area contributed by atoms with Gasteiger partial charge in [-0.1, -0.05) is 0 Å². The Morgan fingerprint density at radius 2 is 2.55 bits per heavy atom. The predicted octanol–water partition coefficient (Wildman–Crippen LogP) is -0.0492. The number of hydrogen-bond acceptors (Lipinski definition) is 4. The molecule has 11 heavy (non-hydrogen) atoms. The molecule has 60 valence electrons. The van der Waals surface area contributed by atoms with Crippen molar-refractivity contribution in [3.8, 4) is 0 Å². The van der Waals surface area contributed by atoms with Crippen LogP contribution in [0, 0.1) is 0 Å². The number of aldehydes is 1. The number of aromatic nitrogens is 1. The fraction of sp³-hybridized carbons (Fsp3) is 0.429. The van der Waals surface area contributed by atoms with E-state index in [1.165, 1.54) is 6.20 Å². The summed E-state index contributed by atoms with van der Waals surface area (Å²) in [6, 6.07) is 0. The third-order valence-electron chi connectivity index (χ3n) is 1.21. The van der Waals surface area contributed by atoms with Crippen molar-refractivity contribution in [2.45, 2.75) is 12.8 Å². The molecule has 1 rings (SSSR count). The fourth-order valence-electron chi connectivity index (χ4n) is 0.736. The Morgan fingerprint density at radius 1 is 1.73 bits per heavy atom. The summed E-state index contributed by atoms with van der Waals surface area (Å²) in [4.78, 5) is 13.8. The SMILES string of the molecule is O=CCc1cnc(CCO)o1. The maximum atomic E-state index is 10.0. The summed E-state index contributed by atoms with van der Waals surface area (Å²) >= 11 is 0. The number of carbonyl (C=O) groups is 1. The molecule has 0 spiro atoms. The molecule has 1 aromatic rings. The lowest BCUT2D eigenvalue weighted by Gasteiger charge is -1.87. The maximum absolute atomic E-state index is 10.0. The standard InChI is InChI=1S/C7H9NO3/c9-3-1-6-5-8-7(11-6)2-4-10/h3,5,10H,1-2,4H2. The zero-order valence-electron chi connectivity index (χ0n) is 5.99. The number of carbonyl (C=O) groups excluding carboxylic acids is 1. The Morgan fingerprint density at radius 3 is 3.18 bits per heavy atom. The summed E-state index contributed by atoms with van der Waals surface area (Å²) in [5, 5.41) is 8.49. The first-order valence-electron chi connectivity index (χ1n) is 3.35. The highest BCUT2D eigenvalue weighted by molar-refractivity contribution is 5.52. The lowest BCUT2D eigenvalue weighted by atomic mass is 10.4. The molecule has 0 saturated carbocycles. The van der Waals surface area contributed by atoms with Crippen molar-refractivity contribution >= 4 is 6.29 Å². The van der Waals surface area contributed by atoms with E-state index in [1.54, 1.807) is 0 Å². The van der Waals surface area contributed by atoms with Crippen LogP contribution in [0.3, 0.4) is 0 Å². The number of rotatable bonds is 4. The van der Waals surface area contributed by atoms with Crippen LogP contribution in [-0.4, -0.2) is 23.0 Å². The van der Waals surface area contributed by atoms with Crippen LogP contribution in [0.4, 0.5) is 0 Å². The van der Waals surface area contributed by atoms with Crippen molar-refractivity contribution in [3.05, 3.63) is 17.8 Å². The third-order valence-corrected chi connectivity index (χ3v) is 1.21. The topological polar surface area (TPSA) is 63.3 Å². The smallest absolute Gasteiger partial charge is 0.196 e. The molecule has 1 N–H and O–H groups in total. The van der Waals surface area contributed by atoms with Crippen molar-refractivity contribution in [2.24, 2.45) is 0 Å². The van der Waals surface area contributed by atoms with Gasteiger partial charge < -0.3 is 14.3 Å². The third kappa shape index (κ3) is 2.16. The highest BCUT2D eigenvalue weighted by Gasteiger charge is 2.01. The largest absolute Gasteiger partial charge is 0.445 e. The minimum absolute atomic E-state index is 0.0149. The van der Waals surface area contributed by atoms with E-state index >= 15 is 0 Å². The van der Waals surface area contributed by atoms with E-state index in [0.717, 1.165) is 6.29 Å². The summed E-state index contributed by atoms with van der Waals surface area (Å²) in [6.07, 6.45) is 2.90. The molecule has 0 aliphatic heterocycles. The van der Waals surface area contributed by atoms with Crippen LogP contribution >= 0.6 is 0 Å². The van der Waals surface area contributed by atoms with Crippen LogP contribution < -0.4 is 0 Å². The van der Waals surface area contributed by atoms with Crippen LogP contribution in [0.5, 0.6) is 0 Å². The van der Waals surface area contributed by atoms with Crippen LogP contribution in [0.2, 0.25) is 0 Å². The van der Waals surface area contributed by atoms with Gasteiger partial charge in [-0.2, -0.15) is 0 Å². The van der Waals surface area contributed by atoms with Gasteiger partial charge in [-0.05, 0) is 0 Å². The van der Waals surface area contributed by atoms with Gasteiger partial charge in [0.25, 0.3) is 0 Å². The average molecular weight is 155 g/mol. The van der Waals surface area contributed by atoms with Crippen molar-refractivity contribution < 1.29 is 14.3 Å².